The highest BCUT2D eigenvalue weighted by Crippen LogP contribution is 2.22. The van der Waals surface area contributed by atoms with Gasteiger partial charge in [-0.05, 0) is 41.8 Å². The minimum atomic E-state index is -0.218. The summed E-state index contributed by atoms with van der Waals surface area (Å²) in [6, 6.07) is 14.2. The summed E-state index contributed by atoms with van der Waals surface area (Å²) in [6.07, 6.45) is 20.1. The summed E-state index contributed by atoms with van der Waals surface area (Å²) >= 11 is 0. The molecule has 0 saturated heterocycles. The van der Waals surface area contributed by atoms with Gasteiger partial charge in [-0.3, -0.25) is 9.59 Å². The molecule has 0 radical (unpaired) electrons. The smallest absolute Gasteiger partial charge is 0.252 e. The summed E-state index contributed by atoms with van der Waals surface area (Å²) in [5.74, 6) is -0.0106. The number of nitrogens with one attached hydrogen (secondary N) is 2. The zero-order chi connectivity index (χ0) is 26.6. The number of carbonyl (C=O) groups is 2. The van der Waals surface area contributed by atoms with Crippen molar-refractivity contribution in [2.45, 2.75) is 110 Å². The van der Waals surface area contributed by atoms with Crippen LogP contribution in [0.15, 0.2) is 48.5 Å². The van der Waals surface area contributed by atoms with Crippen molar-refractivity contribution in [3.8, 4) is 16.9 Å². The number of phenols is 1. The molecule has 0 atom stereocenters. The van der Waals surface area contributed by atoms with Gasteiger partial charge in [-0.2, -0.15) is 0 Å². The summed E-state index contributed by atoms with van der Waals surface area (Å²) in [5.41, 5.74) is 2.48. The Bertz CT molecular complexity index is 878. The minimum absolute atomic E-state index is 0.0160. The lowest BCUT2D eigenvalue weighted by Crippen LogP contribution is -2.37. The van der Waals surface area contributed by atoms with E-state index in [0.29, 0.717) is 12.0 Å². The number of hydrogen-bond acceptors (Lipinski definition) is 3. The molecule has 5 nitrogen and oxygen atoms in total. The highest BCUT2D eigenvalue weighted by Gasteiger charge is 2.07. The molecule has 0 fully saturated rings. The quantitative estimate of drug-likeness (QED) is 0.125. The largest absolute Gasteiger partial charge is 0.508 e. The summed E-state index contributed by atoms with van der Waals surface area (Å²) in [4.78, 5) is 24.4. The van der Waals surface area contributed by atoms with Crippen molar-refractivity contribution in [2.75, 3.05) is 6.67 Å². The summed E-state index contributed by atoms with van der Waals surface area (Å²) in [6.45, 7) is 2.40. The van der Waals surface area contributed by atoms with E-state index in [0.717, 1.165) is 24.0 Å². The van der Waals surface area contributed by atoms with E-state index in [4.69, 9.17) is 0 Å². The molecule has 204 valence electrons. The van der Waals surface area contributed by atoms with Crippen LogP contribution in [0.2, 0.25) is 0 Å². The molecule has 3 N–H and O–H groups in total. The molecule has 2 aromatic carbocycles. The van der Waals surface area contributed by atoms with Crippen LogP contribution in [-0.2, 0) is 4.79 Å². The molecule has 0 unspecified atom stereocenters. The lowest BCUT2D eigenvalue weighted by atomic mass is 10.0. The van der Waals surface area contributed by atoms with Crippen molar-refractivity contribution in [3.05, 3.63) is 54.1 Å². The Hall–Kier alpha value is -2.82. The normalized spacial score (nSPS) is 10.8. The Morgan fingerprint density at radius 3 is 1.51 bits per heavy atom. The molecule has 2 amide bonds. The SMILES string of the molecule is CCCCCCCCCCCCCCCCCC(=O)NCNC(=O)c1ccc(-c2ccc(O)cc2)cc1. The highest BCUT2D eigenvalue weighted by molar-refractivity contribution is 5.94. The third-order valence-electron chi connectivity index (χ3n) is 6.89. The van der Waals surface area contributed by atoms with E-state index in [1.54, 1.807) is 24.3 Å². The molecular formula is C32H48N2O3. The molecule has 5 heteroatoms. The first-order valence-corrected chi connectivity index (χ1v) is 14.5. The number of benzene rings is 2. The van der Waals surface area contributed by atoms with Gasteiger partial charge in [-0.15, -0.1) is 0 Å². The zero-order valence-electron chi connectivity index (χ0n) is 22.9. The summed E-state index contributed by atoms with van der Waals surface area (Å²) in [7, 11) is 0. The van der Waals surface area contributed by atoms with Gasteiger partial charge in [0.1, 0.15) is 5.75 Å². The van der Waals surface area contributed by atoms with E-state index < -0.39 is 0 Å². The van der Waals surface area contributed by atoms with Crippen molar-refractivity contribution < 1.29 is 14.7 Å². The lowest BCUT2D eigenvalue weighted by Gasteiger charge is -2.08. The highest BCUT2D eigenvalue weighted by atomic mass is 16.3. The van der Waals surface area contributed by atoms with E-state index in [1.807, 2.05) is 24.3 Å². The molecule has 0 aromatic heterocycles. The van der Waals surface area contributed by atoms with Crippen LogP contribution >= 0.6 is 0 Å². The van der Waals surface area contributed by atoms with Crippen LogP contribution < -0.4 is 10.6 Å². The number of unbranched alkanes of at least 4 members (excludes halogenated alkanes) is 14. The van der Waals surface area contributed by atoms with Gasteiger partial charge in [-0.1, -0.05) is 121 Å². The van der Waals surface area contributed by atoms with Crippen molar-refractivity contribution >= 4 is 11.8 Å². The predicted molar refractivity (Wildman–Crippen MR) is 154 cm³/mol. The summed E-state index contributed by atoms with van der Waals surface area (Å²) < 4.78 is 0. The lowest BCUT2D eigenvalue weighted by molar-refractivity contribution is -0.121. The van der Waals surface area contributed by atoms with E-state index >= 15 is 0 Å². The van der Waals surface area contributed by atoms with E-state index in [1.165, 1.54) is 83.5 Å². The van der Waals surface area contributed by atoms with Crippen molar-refractivity contribution in [3.63, 3.8) is 0 Å². The van der Waals surface area contributed by atoms with Gasteiger partial charge in [0.15, 0.2) is 0 Å². The maximum Gasteiger partial charge on any atom is 0.252 e. The van der Waals surface area contributed by atoms with Gasteiger partial charge >= 0.3 is 0 Å². The molecule has 0 aliphatic rings. The number of hydrogen-bond donors (Lipinski definition) is 3. The van der Waals surface area contributed by atoms with Crippen LogP contribution in [0.5, 0.6) is 5.75 Å². The van der Waals surface area contributed by atoms with Gasteiger partial charge in [0.2, 0.25) is 5.91 Å². The fraction of sp³-hybridized carbons (Fsp3) is 0.562. The molecule has 0 saturated carbocycles. The number of aromatic hydroxyl groups is 1. The molecule has 0 aliphatic carbocycles. The second-order valence-electron chi connectivity index (χ2n) is 10.1. The Labute approximate surface area is 224 Å². The van der Waals surface area contributed by atoms with Crippen LogP contribution in [0.3, 0.4) is 0 Å². The van der Waals surface area contributed by atoms with Crippen LogP contribution in [0.1, 0.15) is 120 Å². The van der Waals surface area contributed by atoms with Crippen molar-refractivity contribution in [1.82, 2.24) is 10.6 Å². The topological polar surface area (TPSA) is 78.4 Å². The van der Waals surface area contributed by atoms with Crippen LogP contribution in [0.4, 0.5) is 0 Å². The van der Waals surface area contributed by atoms with Crippen LogP contribution in [0.25, 0.3) is 11.1 Å². The standard InChI is InChI=1S/C32H48N2O3/c1-2-3-4-5-6-7-8-9-10-11-12-13-14-15-16-17-31(36)33-26-34-32(37)29-20-18-27(19-21-29)28-22-24-30(35)25-23-28/h18-25,35H,2-17,26H2,1H3,(H,33,36)(H,34,37). The van der Waals surface area contributed by atoms with Crippen molar-refractivity contribution in [1.29, 1.82) is 0 Å². The molecule has 2 aromatic rings. The molecule has 2 rings (SSSR count). The monoisotopic (exact) mass is 508 g/mol. The van der Waals surface area contributed by atoms with Crippen LogP contribution in [0, 0.1) is 0 Å². The Morgan fingerprint density at radius 2 is 1.03 bits per heavy atom. The Balaban J connectivity index is 1.42. The summed E-state index contributed by atoms with van der Waals surface area (Å²) in [5, 5.41) is 14.9. The predicted octanol–water partition coefficient (Wildman–Crippen LogP) is 8.12. The van der Waals surface area contributed by atoms with E-state index in [2.05, 4.69) is 17.6 Å². The van der Waals surface area contributed by atoms with Crippen LogP contribution in [-0.4, -0.2) is 23.6 Å². The maximum atomic E-state index is 12.3. The van der Waals surface area contributed by atoms with E-state index in [-0.39, 0.29) is 24.2 Å². The molecule has 0 heterocycles. The third-order valence-corrected chi connectivity index (χ3v) is 6.89. The van der Waals surface area contributed by atoms with Crippen molar-refractivity contribution in [2.24, 2.45) is 0 Å². The molecule has 0 spiro atoms. The average Bonchev–Trinajstić information content (AvgIpc) is 2.91. The van der Waals surface area contributed by atoms with Gasteiger partial charge < -0.3 is 15.7 Å². The fourth-order valence-corrected chi connectivity index (χ4v) is 4.54. The minimum Gasteiger partial charge on any atom is -0.508 e. The number of rotatable bonds is 20. The Kier molecular flexibility index (Phi) is 15.9. The zero-order valence-corrected chi connectivity index (χ0v) is 22.9. The van der Waals surface area contributed by atoms with Gasteiger partial charge in [0.25, 0.3) is 5.91 Å². The average molecular weight is 509 g/mol. The number of amides is 2. The first-order chi connectivity index (χ1) is 18.1. The Morgan fingerprint density at radius 1 is 0.595 bits per heavy atom. The first kappa shape index (κ1) is 30.4. The maximum absolute atomic E-state index is 12.3. The van der Waals surface area contributed by atoms with Gasteiger partial charge in [0.05, 0.1) is 6.67 Å². The molecule has 37 heavy (non-hydrogen) atoms. The first-order valence-electron chi connectivity index (χ1n) is 14.5. The second-order valence-corrected chi connectivity index (χ2v) is 10.1. The third kappa shape index (κ3) is 13.9. The second kappa shape index (κ2) is 19.3. The van der Waals surface area contributed by atoms with E-state index in [9.17, 15) is 14.7 Å². The number of phenolic OH excluding ortho intramolecular Hbond substituents is 1. The van der Waals surface area contributed by atoms with Gasteiger partial charge in [0, 0.05) is 12.0 Å². The molecular weight excluding hydrogens is 460 g/mol. The molecule has 0 bridgehead atoms. The molecule has 0 aliphatic heterocycles. The van der Waals surface area contributed by atoms with Gasteiger partial charge in [-0.25, -0.2) is 0 Å². The number of carbonyl (C=O) groups excluding carboxylic acids is 2. The fourth-order valence-electron chi connectivity index (χ4n) is 4.54.